The molecule has 0 radical (unpaired) electrons. The lowest BCUT2D eigenvalue weighted by molar-refractivity contribution is -0.113. The number of carbonyl (C=O) groups is 1. The fourth-order valence-corrected chi connectivity index (χ4v) is 3.98. The molecule has 4 nitrogen and oxygen atoms in total. The van der Waals surface area contributed by atoms with Crippen LogP contribution in [0.4, 0.5) is 5.69 Å². The molecule has 0 aliphatic rings. The minimum atomic E-state index is -0.151. The molecule has 1 heterocycles. The van der Waals surface area contributed by atoms with Crippen molar-refractivity contribution < 1.29 is 4.79 Å². The molecule has 0 unspecified atom stereocenters. The summed E-state index contributed by atoms with van der Waals surface area (Å²) in [7, 11) is 0. The Balaban J connectivity index is 1.54. The maximum atomic E-state index is 12.5. The van der Waals surface area contributed by atoms with Crippen LogP contribution in [-0.4, -0.2) is 21.2 Å². The van der Waals surface area contributed by atoms with Crippen LogP contribution in [0.15, 0.2) is 90.2 Å². The van der Waals surface area contributed by atoms with E-state index in [1.165, 1.54) is 11.8 Å². The van der Waals surface area contributed by atoms with Gasteiger partial charge >= 0.3 is 0 Å². The third kappa shape index (κ3) is 4.87. The van der Waals surface area contributed by atoms with Crippen LogP contribution in [0.25, 0.3) is 16.9 Å². The van der Waals surface area contributed by atoms with Crippen molar-refractivity contribution in [3.63, 3.8) is 0 Å². The fraction of sp³-hybridized carbons (Fsp3) is 0.0435. The van der Waals surface area contributed by atoms with Gasteiger partial charge in [0, 0.05) is 23.1 Å². The third-order valence-corrected chi connectivity index (χ3v) is 6.00. The zero-order valence-corrected chi connectivity index (χ0v) is 18.1. The lowest BCUT2D eigenvalue weighted by atomic mass is 10.2. The average Bonchev–Trinajstić information content (AvgIpc) is 3.20. The van der Waals surface area contributed by atoms with Gasteiger partial charge in [-0.1, -0.05) is 83.5 Å². The van der Waals surface area contributed by atoms with E-state index in [0.717, 1.165) is 22.1 Å². The lowest BCUT2D eigenvalue weighted by Gasteiger charge is -2.08. The highest BCUT2D eigenvalue weighted by Gasteiger charge is 2.14. The third-order valence-electron chi connectivity index (χ3n) is 4.31. The Bertz CT molecular complexity index is 1160. The van der Waals surface area contributed by atoms with Crippen LogP contribution >= 0.6 is 35.0 Å². The molecule has 4 rings (SSSR count). The van der Waals surface area contributed by atoms with Crippen LogP contribution in [-0.2, 0) is 4.79 Å². The quantitative estimate of drug-likeness (QED) is 0.335. The number of carbonyl (C=O) groups excluding carboxylic acids is 1. The minimum absolute atomic E-state index is 0.151. The highest BCUT2D eigenvalue weighted by atomic mass is 35.5. The van der Waals surface area contributed by atoms with Gasteiger partial charge in [0.05, 0.1) is 21.5 Å². The Morgan fingerprint density at radius 1 is 0.933 bits per heavy atom. The Hall–Kier alpha value is -2.73. The Kier molecular flexibility index (Phi) is 6.43. The van der Waals surface area contributed by atoms with Gasteiger partial charge in [-0.15, -0.1) is 0 Å². The van der Waals surface area contributed by atoms with Crippen molar-refractivity contribution in [2.45, 2.75) is 5.16 Å². The van der Waals surface area contributed by atoms with Crippen molar-refractivity contribution >= 4 is 46.6 Å². The highest BCUT2D eigenvalue weighted by Crippen LogP contribution is 2.28. The van der Waals surface area contributed by atoms with Gasteiger partial charge in [0.15, 0.2) is 5.16 Å². The molecule has 0 saturated carbocycles. The molecule has 3 aromatic carbocycles. The number of thioether (sulfide) groups is 1. The van der Waals surface area contributed by atoms with Crippen molar-refractivity contribution in [3.05, 3.63) is 95.1 Å². The maximum Gasteiger partial charge on any atom is 0.234 e. The number of benzene rings is 3. The zero-order chi connectivity index (χ0) is 20.9. The molecule has 0 atom stereocenters. The van der Waals surface area contributed by atoms with Crippen LogP contribution in [0.5, 0.6) is 0 Å². The average molecular weight is 454 g/mol. The van der Waals surface area contributed by atoms with Crippen molar-refractivity contribution in [1.29, 1.82) is 0 Å². The van der Waals surface area contributed by atoms with Gasteiger partial charge in [0.1, 0.15) is 0 Å². The number of amides is 1. The standard InChI is InChI=1S/C23H17Cl2N3OS/c24-19-12-11-17(13-20(19)25)26-22(29)15-30-23-27-21(16-7-3-1-4-8-16)14-28(23)18-9-5-2-6-10-18/h1-14H,15H2,(H,26,29). The number of rotatable bonds is 6. The minimum Gasteiger partial charge on any atom is -0.325 e. The Morgan fingerprint density at radius 2 is 1.63 bits per heavy atom. The van der Waals surface area contributed by atoms with E-state index in [9.17, 15) is 4.79 Å². The van der Waals surface area contributed by atoms with Crippen LogP contribution in [0, 0.1) is 0 Å². The number of aromatic nitrogens is 2. The molecule has 150 valence electrons. The SMILES string of the molecule is O=C(CSc1nc(-c2ccccc2)cn1-c1ccccc1)Nc1ccc(Cl)c(Cl)c1. The summed E-state index contributed by atoms with van der Waals surface area (Å²) in [6, 6.07) is 24.9. The van der Waals surface area contributed by atoms with Gasteiger partial charge in [-0.2, -0.15) is 0 Å². The van der Waals surface area contributed by atoms with E-state index in [1.54, 1.807) is 18.2 Å². The second kappa shape index (κ2) is 9.39. The molecule has 1 amide bonds. The summed E-state index contributed by atoms with van der Waals surface area (Å²) in [5.74, 6) is 0.0560. The van der Waals surface area contributed by atoms with Crippen LogP contribution in [0.1, 0.15) is 0 Å². The van der Waals surface area contributed by atoms with E-state index in [1.807, 2.05) is 71.4 Å². The van der Waals surface area contributed by atoms with Crippen molar-refractivity contribution in [3.8, 4) is 16.9 Å². The molecule has 0 fully saturated rings. The Morgan fingerprint density at radius 3 is 2.33 bits per heavy atom. The summed E-state index contributed by atoms with van der Waals surface area (Å²) in [6.45, 7) is 0. The number of hydrogen-bond donors (Lipinski definition) is 1. The summed E-state index contributed by atoms with van der Waals surface area (Å²) in [5.41, 5.74) is 3.46. The van der Waals surface area contributed by atoms with Crippen LogP contribution < -0.4 is 5.32 Å². The molecule has 0 saturated heterocycles. The number of imidazole rings is 1. The maximum absolute atomic E-state index is 12.5. The van der Waals surface area contributed by atoms with Gasteiger partial charge in [0.2, 0.25) is 5.91 Å². The molecular formula is C23H17Cl2N3OS. The Labute approximate surface area is 188 Å². The van der Waals surface area contributed by atoms with Gasteiger partial charge in [-0.3, -0.25) is 9.36 Å². The largest absolute Gasteiger partial charge is 0.325 e. The summed E-state index contributed by atoms with van der Waals surface area (Å²) >= 11 is 13.3. The summed E-state index contributed by atoms with van der Waals surface area (Å²) < 4.78 is 2.00. The van der Waals surface area contributed by atoms with E-state index >= 15 is 0 Å². The zero-order valence-electron chi connectivity index (χ0n) is 15.8. The van der Waals surface area contributed by atoms with Crippen molar-refractivity contribution in [2.24, 2.45) is 0 Å². The van der Waals surface area contributed by atoms with E-state index in [0.29, 0.717) is 15.7 Å². The predicted octanol–water partition coefficient (Wildman–Crippen LogP) is 6.58. The van der Waals surface area contributed by atoms with Crippen LogP contribution in [0.3, 0.4) is 0 Å². The normalized spacial score (nSPS) is 10.7. The molecule has 1 aromatic heterocycles. The number of anilines is 1. The second-order valence-electron chi connectivity index (χ2n) is 6.45. The van der Waals surface area contributed by atoms with E-state index in [2.05, 4.69) is 5.32 Å². The van der Waals surface area contributed by atoms with Gasteiger partial charge in [0.25, 0.3) is 0 Å². The molecule has 0 aliphatic heterocycles. The van der Waals surface area contributed by atoms with Gasteiger partial charge in [-0.25, -0.2) is 4.98 Å². The first-order valence-electron chi connectivity index (χ1n) is 9.18. The predicted molar refractivity (Wildman–Crippen MR) is 125 cm³/mol. The monoisotopic (exact) mass is 453 g/mol. The van der Waals surface area contributed by atoms with Gasteiger partial charge < -0.3 is 5.32 Å². The molecule has 30 heavy (non-hydrogen) atoms. The smallest absolute Gasteiger partial charge is 0.234 e. The topological polar surface area (TPSA) is 46.9 Å². The molecule has 1 N–H and O–H groups in total. The molecule has 4 aromatic rings. The molecule has 0 bridgehead atoms. The molecule has 0 spiro atoms. The highest BCUT2D eigenvalue weighted by molar-refractivity contribution is 7.99. The molecule has 0 aliphatic carbocycles. The van der Waals surface area contributed by atoms with E-state index < -0.39 is 0 Å². The number of hydrogen-bond acceptors (Lipinski definition) is 3. The van der Waals surface area contributed by atoms with Crippen LogP contribution in [0.2, 0.25) is 10.0 Å². The first kappa shape index (κ1) is 20.5. The first-order valence-corrected chi connectivity index (χ1v) is 10.9. The summed E-state index contributed by atoms with van der Waals surface area (Å²) in [6.07, 6.45) is 1.99. The summed E-state index contributed by atoms with van der Waals surface area (Å²) in [4.78, 5) is 17.2. The lowest BCUT2D eigenvalue weighted by Crippen LogP contribution is -2.14. The number of halogens is 2. The van der Waals surface area contributed by atoms with Crippen molar-refractivity contribution in [1.82, 2.24) is 9.55 Å². The van der Waals surface area contributed by atoms with Gasteiger partial charge in [-0.05, 0) is 30.3 Å². The summed E-state index contributed by atoms with van der Waals surface area (Å²) in [5, 5.41) is 4.42. The van der Waals surface area contributed by atoms with E-state index in [-0.39, 0.29) is 11.7 Å². The van der Waals surface area contributed by atoms with Crippen molar-refractivity contribution in [2.75, 3.05) is 11.1 Å². The van der Waals surface area contributed by atoms with E-state index in [4.69, 9.17) is 28.2 Å². The second-order valence-corrected chi connectivity index (χ2v) is 8.20. The molecule has 7 heteroatoms. The number of nitrogens with one attached hydrogen (secondary N) is 1. The number of nitrogens with zero attached hydrogens (tertiary/aromatic N) is 2. The molecular weight excluding hydrogens is 437 g/mol. The number of para-hydroxylation sites is 1. The first-order chi connectivity index (χ1) is 14.6. The fourth-order valence-electron chi connectivity index (χ4n) is 2.89.